The van der Waals surface area contributed by atoms with Crippen LogP contribution in [0.2, 0.25) is 0 Å². The Balaban J connectivity index is 3.04. The molecule has 1 aromatic rings. The summed E-state index contributed by atoms with van der Waals surface area (Å²) in [5.74, 6) is 0. The predicted molar refractivity (Wildman–Crippen MR) is 75.6 cm³/mol. The summed E-state index contributed by atoms with van der Waals surface area (Å²) in [5.41, 5.74) is 7.14. The van der Waals surface area contributed by atoms with Gasteiger partial charge < -0.3 is 5.73 Å². The van der Waals surface area contributed by atoms with Gasteiger partial charge in [0.05, 0.1) is 6.07 Å². The van der Waals surface area contributed by atoms with E-state index in [-0.39, 0.29) is 6.54 Å². The van der Waals surface area contributed by atoms with Crippen molar-refractivity contribution >= 4 is 15.7 Å². The molecule has 0 radical (unpaired) electrons. The van der Waals surface area contributed by atoms with Gasteiger partial charge in [-0.1, -0.05) is 25.1 Å². The Morgan fingerprint density at radius 3 is 2.58 bits per heavy atom. The molecule has 0 heterocycles. The zero-order valence-corrected chi connectivity index (χ0v) is 12.0. The minimum Gasteiger partial charge on any atom is -0.398 e. The third-order valence-corrected chi connectivity index (χ3v) is 4.89. The Morgan fingerprint density at radius 1 is 1.42 bits per heavy atom. The number of hydrogen-bond acceptors (Lipinski definition) is 4. The van der Waals surface area contributed by atoms with Crippen LogP contribution in [-0.4, -0.2) is 24.5 Å². The van der Waals surface area contributed by atoms with Crippen LogP contribution in [0.25, 0.3) is 0 Å². The molecule has 0 saturated carbocycles. The van der Waals surface area contributed by atoms with E-state index >= 15 is 0 Å². The molecule has 0 aromatic heterocycles. The van der Waals surface area contributed by atoms with Gasteiger partial charge in [-0.15, -0.1) is 0 Å². The fraction of sp³-hybridized carbons (Fsp3) is 0.462. The minimum atomic E-state index is -3.61. The quantitative estimate of drug-likeness (QED) is 0.804. The van der Waals surface area contributed by atoms with E-state index in [1.54, 1.807) is 24.3 Å². The molecule has 1 unspecified atom stereocenters. The molecule has 0 spiro atoms. The number of sulfonamides is 1. The summed E-state index contributed by atoms with van der Waals surface area (Å²) in [4.78, 5) is 0. The summed E-state index contributed by atoms with van der Waals surface area (Å²) in [7, 11) is -3.61. The van der Waals surface area contributed by atoms with E-state index in [4.69, 9.17) is 11.0 Å². The number of hydrogen-bond donors (Lipinski definition) is 1. The van der Waals surface area contributed by atoms with Crippen molar-refractivity contribution in [3.05, 3.63) is 29.8 Å². The number of nitrogens with two attached hydrogens (primary N) is 1. The molecule has 0 bridgehead atoms. The summed E-state index contributed by atoms with van der Waals surface area (Å²) < 4.78 is 25.8. The summed E-state index contributed by atoms with van der Waals surface area (Å²) in [5, 5.41) is 7.78. The molecular formula is C13H19N3O2S. The summed E-state index contributed by atoms with van der Waals surface area (Å²) in [6.45, 7) is 3.87. The van der Waals surface area contributed by atoms with Crippen LogP contribution in [0.4, 0.5) is 5.69 Å². The van der Waals surface area contributed by atoms with E-state index in [1.807, 2.05) is 13.0 Å². The highest BCUT2D eigenvalue weighted by atomic mass is 32.2. The Bertz CT molecular complexity index is 563. The van der Waals surface area contributed by atoms with E-state index in [9.17, 15) is 8.42 Å². The number of nitrogens with zero attached hydrogens (tertiary/aromatic N) is 2. The first-order valence-electron chi connectivity index (χ1n) is 6.15. The van der Waals surface area contributed by atoms with Gasteiger partial charge in [0.15, 0.2) is 5.25 Å². The van der Waals surface area contributed by atoms with Gasteiger partial charge in [0, 0.05) is 18.8 Å². The molecule has 0 amide bonds. The third kappa shape index (κ3) is 3.69. The van der Waals surface area contributed by atoms with Crippen LogP contribution in [0, 0.1) is 11.3 Å². The Kier molecular flexibility index (Phi) is 5.33. The van der Waals surface area contributed by atoms with E-state index in [0.29, 0.717) is 18.7 Å². The molecule has 6 heteroatoms. The fourth-order valence-electron chi connectivity index (χ4n) is 1.70. The Morgan fingerprint density at radius 2 is 2.05 bits per heavy atom. The molecular weight excluding hydrogens is 262 g/mol. The van der Waals surface area contributed by atoms with E-state index < -0.39 is 15.3 Å². The first-order valence-corrected chi connectivity index (χ1v) is 7.65. The van der Waals surface area contributed by atoms with Crippen molar-refractivity contribution in [2.75, 3.05) is 12.3 Å². The lowest BCUT2D eigenvalue weighted by Gasteiger charge is -2.23. The molecule has 0 saturated heterocycles. The summed E-state index contributed by atoms with van der Waals surface area (Å²) in [6, 6.07) is 8.93. The van der Waals surface area contributed by atoms with Gasteiger partial charge in [0.2, 0.25) is 10.0 Å². The Labute approximate surface area is 114 Å². The average molecular weight is 281 g/mol. The van der Waals surface area contributed by atoms with Crippen LogP contribution in [-0.2, 0) is 16.6 Å². The van der Waals surface area contributed by atoms with Crippen molar-refractivity contribution in [2.24, 2.45) is 0 Å². The average Bonchev–Trinajstić information content (AvgIpc) is 2.39. The lowest BCUT2D eigenvalue weighted by atomic mass is 10.2. The predicted octanol–water partition coefficient (Wildman–Crippen LogP) is 1.72. The lowest BCUT2D eigenvalue weighted by molar-refractivity contribution is 0.404. The number of benzene rings is 1. The number of nitrogen functional groups attached to an aromatic ring is 1. The molecule has 0 aliphatic rings. The first-order chi connectivity index (χ1) is 8.93. The van der Waals surface area contributed by atoms with E-state index in [2.05, 4.69) is 0 Å². The van der Waals surface area contributed by atoms with Crippen LogP contribution in [0.1, 0.15) is 25.8 Å². The second kappa shape index (κ2) is 6.55. The number of nitriles is 1. The monoisotopic (exact) mass is 281 g/mol. The second-order valence-electron chi connectivity index (χ2n) is 4.35. The molecule has 1 rings (SSSR count). The van der Waals surface area contributed by atoms with Gasteiger partial charge in [-0.2, -0.15) is 9.57 Å². The fourth-order valence-corrected chi connectivity index (χ4v) is 3.04. The summed E-state index contributed by atoms with van der Waals surface area (Å²) in [6.07, 6.45) is 0.685. The largest absolute Gasteiger partial charge is 0.398 e. The Hall–Kier alpha value is -1.58. The molecule has 2 N–H and O–H groups in total. The van der Waals surface area contributed by atoms with Gasteiger partial charge in [-0.3, -0.25) is 0 Å². The molecule has 1 atom stereocenters. The zero-order valence-electron chi connectivity index (χ0n) is 11.2. The smallest absolute Gasteiger partial charge is 0.230 e. The van der Waals surface area contributed by atoms with Crippen molar-refractivity contribution in [1.29, 1.82) is 5.26 Å². The highest BCUT2D eigenvalue weighted by molar-refractivity contribution is 7.89. The molecule has 0 fully saturated rings. The maximum atomic E-state index is 12.2. The van der Waals surface area contributed by atoms with E-state index in [0.717, 1.165) is 5.56 Å². The van der Waals surface area contributed by atoms with Crippen molar-refractivity contribution in [3.8, 4) is 6.07 Å². The third-order valence-electron chi connectivity index (χ3n) is 2.86. The zero-order chi connectivity index (χ0) is 14.5. The maximum Gasteiger partial charge on any atom is 0.230 e. The molecule has 0 aliphatic carbocycles. The van der Waals surface area contributed by atoms with Gasteiger partial charge in [0.1, 0.15) is 0 Å². The molecule has 19 heavy (non-hydrogen) atoms. The number of para-hydroxylation sites is 1. The van der Waals surface area contributed by atoms with Crippen molar-refractivity contribution in [1.82, 2.24) is 4.31 Å². The topological polar surface area (TPSA) is 87.2 Å². The summed E-state index contributed by atoms with van der Waals surface area (Å²) >= 11 is 0. The maximum absolute atomic E-state index is 12.2. The van der Waals surface area contributed by atoms with Gasteiger partial charge >= 0.3 is 0 Å². The molecule has 0 aliphatic heterocycles. The highest BCUT2D eigenvalue weighted by Gasteiger charge is 2.28. The first kappa shape index (κ1) is 15.5. The SMILES string of the molecule is CCCN(Cc1ccccc1N)S(=O)(=O)C(C)C#N. The molecule has 5 nitrogen and oxygen atoms in total. The van der Waals surface area contributed by atoms with Crippen LogP contribution < -0.4 is 5.73 Å². The number of rotatable bonds is 6. The normalized spacial score (nSPS) is 13.2. The standard InChI is InChI=1S/C13H19N3O2S/c1-3-8-16(19(17,18)11(2)9-14)10-12-6-4-5-7-13(12)15/h4-7,11H,3,8,10,15H2,1-2H3. The van der Waals surface area contributed by atoms with Crippen LogP contribution in [0.15, 0.2) is 24.3 Å². The lowest BCUT2D eigenvalue weighted by Crippen LogP contribution is -2.37. The van der Waals surface area contributed by atoms with Crippen LogP contribution in [0.5, 0.6) is 0 Å². The minimum absolute atomic E-state index is 0.203. The van der Waals surface area contributed by atoms with Crippen molar-refractivity contribution < 1.29 is 8.42 Å². The number of anilines is 1. The van der Waals surface area contributed by atoms with Gasteiger partial charge in [0.25, 0.3) is 0 Å². The van der Waals surface area contributed by atoms with Gasteiger partial charge in [-0.25, -0.2) is 8.42 Å². The molecule has 1 aromatic carbocycles. The van der Waals surface area contributed by atoms with E-state index in [1.165, 1.54) is 11.2 Å². The van der Waals surface area contributed by atoms with Gasteiger partial charge in [-0.05, 0) is 25.0 Å². The van der Waals surface area contributed by atoms with Crippen molar-refractivity contribution in [3.63, 3.8) is 0 Å². The second-order valence-corrected chi connectivity index (χ2v) is 6.60. The van der Waals surface area contributed by atoms with Crippen LogP contribution in [0.3, 0.4) is 0 Å². The molecule has 104 valence electrons. The van der Waals surface area contributed by atoms with Crippen LogP contribution >= 0.6 is 0 Å². The highest BCUT2D eigenvalue weighted by Crippen LogP contribution is 2.18. The van der Waals surface area contributed by atoms with Crippen molar-refractivity contribution in [2.45, 2.75) is 32.1 Å².